The van der Waals surface area contributed by atoms with Gasteiger partial charge in [-0.05, 0) is 39.2 Å². The molecule has 2 aromatic heterocycles. The first kappa shape index (κ1) is 19.2. The van der Waals surface area contributed by atoms with Gasteiger partial charge in [0.25, 0.3) is 0 Å². The van der Waals surface area contributed by atoms with Gasteiger partial charge in [0.05, 0.1) is 12.5 Å². The fourth-order valence-corrected chi connectivity index (χ4v) is 3.71. The molecule has 0 unspecified atom stereocenters. The van der Waals surface area contributed by atoms with Gasteiger partial charge in [0.2, 0.25) is 5.82 Å². The van der Waals surface area contributed by atoms with E-state index in [9.17, 15) is 9.59 Å². The summed E-state index contributed by atoms with van der Waals surface area (Å²) in [7, 11) is 0. The van der Waals surface area contributed by atoms with Gasteiger partial charge < -0.3 is 18.6 Å². The number of aryl methyl sites for hydroxylation is 2. The van der Waals surface area contributed by atoms with Crippen LogP contribution in [0.5, 0.6) is 0 Å². The molecule has 0 aliphatic carbocycles. The van der Waals surface area contributed by atoms with Gasteiger partial charge in [-0.1, -0.05) is 23.4 Å². The van der Waals surface area contributed by atoms with Crippen LogP contribution in [0.3, 0.4) is 0 Å². The fraction of sp³-hybridized carbons (Fsp3) is 0.429. The van der Waals surface area contributed by atoms with Crippen LogP contribution in [0.4, 0.5) is 0 Å². The summed E-state index contributed by atoms with van der Waals surface area (Å²) in [5.41, 5.74) is 2.69. The normalized spacial score (nSPS) is 15.1. The number of ether oxygens (including phenoxy) is 1. The second-order valence-corrected chi connectivity index (χ2v) is 7.25. The molecule has 29 heavy (non-hydrogen) atoms. The van der Waals surface area contributed by atoms with Crippen molar-refractivity contribution in [2.75, 3.05) is 19.7 Å². The molecule has 1 aliphatic rings. The van der Waals surface area contributed by atoms with Crippen molar-refractivity contribution in [1.29, 1.82) is 0 Å². The molecule has 1 aliphatic heterocycles. The van der Waals surface area contributed by atoms with Crippen molar-refractivity contribution in [3.63, 3.8) is 0 Å². The summed E-state index contributed by atoms with van der Waals surface area (Å²) in [5, 5.41) is 4.94. The summed E-state index contributed by atoms with van der Waals surface area (Å²) in [5.74, 6) is -0.0304. The molecule has 1 aromatic carbocycles. The van der Waals surface area contributed by atoms with E-state index in [2.05, 4.69) is 10.1 Å². The van der Waals surface area contributed by atoms with Crippen molar-refractivity contribution in [2.24, 2.45) is 5.92 Å². The number of amides is 1. The highest BCUT2D eigenvalue weighted by Gasteiger charge is 2.31. The number of para-hydroxylation sites is 1. The van der Waals surface area contributed by atoms with E-state index in [1.54, 1.807) is 11.8 Å². The van der Waals surface area contributed by atoms with E-state index in [1.165, 1.54) is 0 Å². The highest BCUT2D eigenvalue weighted by Crippen LogP contribution is 2.33. The number of furan rings is 1. The molecular weight excluding hydrogens is 374 g/mol. The number of carbonyl (C=O) groups excluding carboxylic acids is 2. The first-order valence-corrected chi connectivity index (χ1v) is 9.78. The monoisotopic (exact) mass is 397 g/mol. The lowest BCUT2D eigenvalue weighted by Crippen LogP contribution is -2.40. The van der Waals surface area contributed by atoms with Gasteiger partial charge in [-0.2, -0.15) is 4.98 Å². The quantitative estimate of drug-likeness (QED) is 0.621. The number of piperidine rings is 1. The molecule has 152 valence electrons. The standard InChI is InChI=1S/C21H23N3O5/c1-4-27-21(26)14-8-10-24(11-9-14)20(25)19-22-18(23-29-19)17-13(3)15-7-5-6-12(2)16(15)28-17/h5-7,14H,4,8-11H2,1-3H3. The average Bonchev–Trinajstić information content (AvgIpc) is 3.34. The first-order chi connectivity index (χ1) is 14.0. The Kier molecular flexibility index (Phi) is 5.08. The Bertz CT molecular complexity index is 1060. The van der Waals surface area contributed by atoms with Gasteiger partial charge in [0, 0.05) is 24.0 Å². The third kappa shape index (κ3) is 3.50. The Hall–Kier alpha value is -3.16. The molecule has 0 bridgehead atoms. The average molecular weight is 397 g/mol. The van der Waals surface area contributed by atoms with Crippen LogP contribution in [0.2, 0.25) is 0 Å². The highest BCUT2D eigenvalue weighted by atomic mass is 16.5. The maximum absolute atomic E-state index is 12.7. The molecule has 8 nitrogen and oxygen atoms in total. The molecule has 1 saturated heterocycles. The van der Waals surface area contributed by atoms with Crippen LogP contribution in [0.15, 0.2) is 27.1 Å². The molecule has 0 radical (unpaired) electrons. The van der Waals surface area contributed by atoms with Crippen molar-refractivity contribution < 1.29 is 23.3 Å². The summed E-state index contributed by atoms with van der Waals surface area (Å²) in [4.78, 5) is 30.5. The van der Waals surface area contributed by atoms with E-state index in [0.29, 0.717) is 38.3 Å². The lowest BCUT2D eigenvalue weighted by molar-refractivity contribution is -0.149. The molecule has 0 N–H and O–H groups in total. The van der Waals surface area contributed by atoms with Crippen LogP contribution in [0.1, 0.15) is 41.6 Å². The van der Waals surface area contributed by atoms with Crippen LogP contribution in [0, 0.1) is 19.8 Å². The summed E-state index contributed by atoms with van der Waals surface area (Å²) < 4.78 is 16.2. The number of benzene rings is 1. The maximum Gasteiger partial charge on any atom is 0.316 e. The zero-order valence-electron chi connectivity index (χ0n) is 16.7. The molecule has 0 atom stereocenters. The minimum absolute atomic E-state index is 0.0776. The number of fused-ring (bicyclic) bond motifs is 1. The largest absolute Gasteiger partial charge is 0.466 e. The Balaban J connectivity index is 1.50. The molecule has 4 rings (SSSR count). The van der Waals surface area contributed by atoms with Crippen molar-refractivity contribution in [2.45, 2.75) is 33.6 Å². The number of likely N-dealkylation sites (tertiary alicyclic amines) is 1. The van der Waals surface area contributed by atoms with Gasteiger partial charge in [-0.3, -0.25) is 9.59 Å². The topological polar surface area (TPSA) is 98.7 Å². The van der Waals surface area contributed by atoms with Crippen molar-refractivity contribution in [1.82, 2.24) is 15.0 Å². The SMILES string of the molecule is CCOC(=O)C1CCN(C(=O)c2nc(-c3oc4c(C)cccc4c3C)no2)CC1. The van der Waals surface area contributed by atoms with Crippen molar-refractivity contribution in [3.05, 3.63) is 35.2 Å². The summed E-state index contributed by atoms with van der Waals surface area (Å²) >= 11 is 0. The number of aromatic nitrogens is 2. The number of nitrogens with zero attached hydrogens (tertiary/aromatic N) is 3. The van der Waals surface area contributed by atoms with E-state index >= 15 is 0 Å². The van der Waals surface area contributed by atoms with Crippen molar-refractivity contribution in [3.8, 4) is 11.6 Å². The predicted octanol–water partition coefficient (Wildman–Crippen LogP) is 3.51. The van der Waals surface area contributed by atoms with E-state index in [1.807, 2.05) is 32.0 Å². The minimum Gasteiger partial charge on any atom is -0.466 e. The van der Waals surface area contributed by atoms with Crippen molar-refractivity contribution >= 4 is 22.8 Å². The van der Waals surface area contributed by atoms with E-state index in [-0.39, 0.29) is 29.5 Å². The van der Waals surface area contributed by atoms with E-state index < -0.39 is 0 Å². The lowest BCUT2D eigenvalue weighted by atomic mass is 9.97. The van der Waals surface area contributed by atoms with E-state index in [0.717, 1.165) is 22.1 Å². The molecule has 3 heterocycles. The molecule has 1 amide bonds. The zero-order chi connectivity index (χ0) is 20.5. The molecule has 8 heteroatoms. The molecule has 3 aromatic rings. The van der Waals surface area contributed by atoms with Gasteiger partial charge in [0.1, 0.15) is 5.58 Å². The molecular formula is C21H23N3O5. The van der Waals surface area contributed by atoms with Crippen LogP contribution in [-0.4, -0.2) is 46.6 Å². The summed E-state index contributed by atoms with van der Waals surface area (Å²) in [6, 6.07) is 5.92. The van der Waals surface area contributed by atoms with Gasteiger partial charge >= 0.3 is 17.8 Å². The first-order valence-electron chi connectivity index (χ1n) is 9.78. The van der Waals surface area contributed by atoms with Crippen LogP contribution in [-0.2, 0) is 9.53 Å². The maximum atomic E-state index is 12.7. The number of esters is 1. The Morgan fingerprint density at radius 1 is 1.24 bits per heavy atom. The minimum atomic E-state index is -0.337. The van der Waals surface area contributed by atoms with Gasteiger partial charge in [-0.25, -0.2) is 0 Å². The van der Waals surface area contributed by atoms with Crippen LogP contribution < -0.4 is 0 Å². The van der Waals surface area contributed by atoms with Gasteiger partial charge in [-0.15, -0.1) is 0 Å². The smallest absolute Gasteiger partial charge is 0.316 e. The number of carbonyl (C=O) groups is 2. The second-order valence-electron chi connectivity index (χ2n) is 7.25. The summed E-state index contributed by atoms with van der Waals surface area (Å²) in [6.45, 7) is 6.95. The van der Waals surface area contributed by atoms with E-state index in [4.69, 9.17) is 13.7 Å². The second kappa shape index (κ2) is 7.69. The molecule has 0 spiro atoms. The Labute approximate surface area is 167 Å². The number of hydrogen-bond donors (Lipinski definition) is 0. The third-order valence-electron chi connectivity index (χ3n) is 5.37. The molecule has 0 saturated carbocycles. The number of hydrogen-bond acceptors (Lipinski definition) is 7. The zero-order valence-corrected chi connectivity index (χ0v) is 16.7. The predicted molar refractivity (Wildman–Crippen MR) is 104 cm³/mol. The highest BCUT2D eigenvalue weighted by molar-refractivity contribution is 5.91. The third-order valence-corrected chi connectivity index (χ3v) is 5.37. The summed E-state index contributed by atoms with van der Waals surface area (Å²) in [6.07, 6.45) is 1.13. The van der Waals surface area contributed by atoms with Gasteiger partial charge in [0.15, 0.2) is 5.76 Å². The Morgan fingerprint density at radius 3 is 2.69 bits per heavy atom. The lowest BCUT2D eigenvalue weighted by Gasteiger charge is -2.29. The Morgan fingerprint density at radius 2 is 2.00 bits per heavy atom. The number of rotatable bonds is 4. The van der Waals surface area contributed by atoms with Crippen LogP contribution >= 0.6 is 0 Å². The van der Waals surface area contributed by atoms with Crippen LogP contribution in [0.25, 0.3) is 22.6 Å². The molecule has 1 fully saturated rings. The fourth-order valence-electron chi connectivity index (χ4n) is 3.71.